The Morgan fingerprint density at radius 2 is 2.11 bits per heavy atom. The quantitative estimate of drug-likeness (QED) is 0.404. The summed E-state index contributed by atoms with van der Waals surface area (Å²) in [6, 6.07) is 12.3. The van der Waals surface area contributed by atoms with Crippen molar-refractivity contribution in [2.75, 3.05) is 24.8 Å². The van der Waals surface area contributed by atoms with Gasteiger partial charge in [-0.2, -0.15) is 0 Å². The molecule has 3 aromatic rings. The number of thioether (sulfide) groups is 1. The molecule has 0 unspecified atom stereocenters. The molecular weight excluding hydrogens is 466 g/mol. The molecule has 28 heavy (non-hydrogen) atoms. The second-order valence-electron chi connectivity index (χ2n) is 5.82. The molecule has 3 rings (SSSR count). The number of fused-ring (bicyclic) bond motifs is 1. The first kappa shape index (κ1) is 20.9. The number of hydrogen-bond donors (Lipinski definition) is 1. The van der Waals surface area contributed by atoms with Gasteiger partial charge in [-0.1, -0.05) is 35.5 Å². The molecular formula is C19H17BrClN3O3S. The van der Waals surface area contributed by atoms with Crippen molar-refractivity contribution < 1.29 is 9.53 Å². The van der Waals surface area contributed by atoms with E-state index in [9.17, 15) is 9.59 Å². The monoisotopic (exact) mass is 481 g/mol. The number of anilines is 1. The van der Waals surface area contributed by atoms with E-state index in [1.165, 1.54) is 16.3 Å². The van der Waals surface area contributed by atoms with Crippen molar-refractivity contribution in [1.29, 1.82) is 0 Å². The number of amides is 1. The minimum atomic E-state index is -0.198. The Labute approximate surface area is 179 Å². The minimum absolute atomic E-state index is 0.104. The predicted molar refractivity (Wildman–Crippen MR) is 116 cm³/mol. The smallest absolute Gasteiger partial charge is 0.262 e. The molecule has 0 aliphatic heterocycles. The van der Waals surface area contributed by atoms with Crippen LogP contribution in [0.5, 0.6) is 0 Å². The second-order valence-corrected chi connectivity index (χ2v) is 8.06. The van der Waals surface area contributed by atoms with Crippen LogP contribution in [-0.2, 0) is 16.1 Å². The number of methoxy groups -OCH3 is 1. The summed E-state index contributed by atoms with van der Waals surface area (Å²) in [6.45, 7) is 0.701. The molecule has 1 amide bonds. The van der Waals surface area contributed by atoms with E-state index in [1.54, 1.807) is 31.4 Å². The summed E-state index contributed by atoms with van der Waals surface area (Å²) < 4.78 is 7.42. The number of hydrogen-bond acceptors (Lipinski definition) is 5. The Morgan fingerprint density at radius 1 is 1.32 bits per heavy atom. The van der Waals surface area contributed by atoms with E-state index in [2.05, 4.69) is 26.2 Å². The molecule has 0 radical (unpaired) electrons. The van der Waals surface area contributed by atoms with Crippen molar-refractivity contribution in [2.24, 2.45) is 0 Å². The van der Waals surface area contributed by atoms with Crippen LogP contribution in [0.1, 0.15) is 0 Å². The van der Waals surface area contributed by atoms with Gasteiger partial charge in [-0.05, 0) is 46.3 Å². The van der Waals surface area contributed by atoms with Gasteiger partial charge in [0.2, 0.25) is 5.91 Å². The van der Waals surface area contributed by atoms with Crippen LogP contribution in [0, 0.1) is 0 Å². The molecule has 1 heterocycles. The zero-order valence-electron chi connectivity index (χ0n) is 14.9. The van der Waals surface area contributed by atoms with E-state index >= 15 is 0 Å². The number of rotatable bonds is 7. The normalized spacial score (nSPS) is 11.0. The van der Waals surface area contributed by atoms with E-state index in [0.29, 0.717) is 39.9 Å². The average molecular weight is 483 g/mol. The van der Waals surface area contributed by atoms with Crippen molar-refractivity contribution in [3.8, 4) is 0 Å². The van der Waals surface area contributed by atoms with E-state index < -0.39 is 0 Å². The lowest BCUT2D eigenvalue weighted by atomic mass is 10.2. The summed E-state index contributed by atoms with van der Waals surface area (Å²) in [5.74, 6) is -0.0945. The first-order valence-corrected chi connectivity index (χ1v) is 10.5. The van der Waals surface area contributed by atoms with Crippen LogP contribution in [0.25, 0.3) is 10.9 Å². The number of para-hydroxylation sites is 1. The van der Waals surface area contributed by atoms with Crippen molar-refractivity contribution in [3.63, 3.8) is 0 Å². The maximum Gasteiger partial charge on any atom is 0.262 e. The van der Waals surface area contributed by atoms with Gasteiger partial charge in [-0.25, -0.2) is 4.98 Å². The molecule has 0 saturated heterocycles. The van der Waals surface area contributed by atoms with Crippen LogP contribution >= 0.6 is 39.3 Å². The summed E-state index contributed by atoms with van der Waals surface area (Å²) in [5.41, 5.74) is 0.996. The third-order valence-electron chi connectivity index (χ3n) is 3.88. The van der Waals surface area contributed by atoms with Crippen molar-refractivity contribution in [1.82, 2.24) is 9.55 Å². The molecule has 0 fully saturated rings. The number of benzene rings is 2. The van der Waals surface area contributed by atoms with Gasteiger partial charge >= 0.3 is 0 Å². The van der Waals surface area contributed by atoms with E-state index in [4.69, 9.17) is 16.3 Å². The van der Waals surface area contributed by atoms with Gasteiger partial charge in [0.05, 0.1) is 35.5 Å². The molecule has 1 N–H and O–H groups in total. The number of carbonyl (C=O) groups is 1. The maximum atomic E-state index is 12.9. The maximum absolute atomic E-state index is 12.9. The molecule has 0 bridgehead atoms. The third-order valence-corrected chi connectivity index (χ3v) is 5.78. The second kappa shape index (κ2) is 9.56. The summed E-state index contributed by atoms with van der Waals surface area (Å²) in [4.78, 5) is 29.7. The number of carbonyl (C=O) groups excluding carboxylic acids is 1. The highest BCUT2D eigenvalue weighted by atomic mass is 79.9. The highest BCUT2D eigenvalue weighted by Crippen LogP contribution is 2.23. The average Bonchev–Trinajstić information content (AvgIpc) is 2.67. The number of halogens is 2. The van der Waals surface area contributed by atoms with Crippen molar-refractivity contribution in [3.05, 3.63) is 62.3 Å². The Kier molecular flexibility index (Phi) is 7.12. The van der Waals surface area contributed by atoms with Crippen LogP contribution in [0.3, 0.4) is 0 Å². The van der Waals surface area contributed by atoms with Crippen molar-refractivity contribution in [2.45, 2.75) is 11.7 Å². The van der Waals surface area contributed by atoms with Crippen LogP contribution < -0.4 is 10.9 Å². The van der Waals surface area contributed by atoms with Gasteiger partial charge in [0.25, 0.3) is 5.56 Å². The number of ether oxygens (including phenoxy) is 1. The molecule has 2 aromatic carbocycles. The number of nitrogens with one attached hydrogen (secondary N) is 1. The van der Waals surface area contributed by atoms with Crippen LogP contribution in [-0.4, -0.2) is 34.9 Å². The van der Waals surface area contributed by atoms with E-state index in [-0.39, 0.29) is 17.2 Å². The van der Waals surface area contributed by atoms with Gasteiger partial charge in [0.15, 0.2) is 5.16 Å². The number of nitrogens with zero attached hydrogens (tertiary/aromatic N) is 2. The highest BCUT2D eigenvalue weighted by Gasteiger charge is 2.14. The molecule has 146 valence electrons. The zero-order valence-corrected chi connectivity index (χ0v) is 18.1. The molecule has 6 nitrogen and oxygen atoms in total. The Bertz CT molecular complexity index is 1070. The predicted octanol–water partition coefficient (Wildman–Crippen LogP) is 4.19. The lowest BCUT2D eigenvalue weighted by Gasteiger charge is -2.13. The van der Waals surface area contributed by atoms with Crippen LogP contribution in [0.2, 0.25) is 5.02 Å². The lowest BCUT2D eigenvalue weighted by molar-refractivity contribution is -0.113. The molecule has 1 aromatic heterocycles. The SMILES string of the molecule is COCCn1c(SCC(=O)Nc2ccccc2Br)nc2cc(Cl)ccc2c1=O. The molecule has 9 heteroatoms. The molecule has 0 aliphatic rings. The Morgan fingerprint density at radius 3 is 2.86 bits per heavy atom. The summed E-state index contributed by atoms with van der Waals surface area (Å²) in [7, 11) is 1.57. The van der Waals surface area contributed by atoms with Gasteiger partial charge in [-0.15, -0.1) is 0 Å². The summed E-state index contributed by atoms with van der Waals surface area (Å²) in [6.07, 6.45) is 0. The lowest BCUT2D eigenvalue weighted by Crippen LogP contribution is -2.26. The minimum Gasteiger partial charge on any atom is -0.383 e. The first-order valence-electron chi connectivity index (χ1n) is 8.36. The first-order chi connectivity index (χ1) is 13.5. The molecule has 0 spiro atoms. The fraction of sp³-hybridized carbons (Fsp3) is 0.211. The van der Waals surface area contributed by atoms with Gasteiger partial charge in [0.1, 0.15) is 0 Å². The van der Waals surface area contributed by atoms with Crippen LogP contribution in [0.15, 0.2) is 56.9 Å². The van der Waals surface area contributed by atoms with Gasteiger partial charge < -0.3 is 10.1 Å². The largest absolute Gasteiger partial charge is 0.383 e. The number of aromatic nitrogens is 2. The topological polar surface area (TPSA) is 73.2 Å². The van der Waals surface area contributed by atoms with E-state index in [1.807, 2.05) is 18.2 Å². The summed E-state index contributed by atoms with van der Waals surface area (Å²) in [5, 5.41) is 4.25. The highest BCUT2D eigenvalue weighted by molar-refractivity contribution is 9.10. The molecule has 0 saturated carbocycles. The third kappa shape index (κ3) is 4.94. The fourth-order valence-corrected chi connectivity index (χ4v) is 3.92. The fourth-order valence-electron chi connectivity index (χ4n) is 2.54. The van der Waals surface area contributed by atoms with Gasteiger partial charge in [-0.3, -0.25) is 14.2 Å². The molecule has 0 atom stereocenters. The Hall–Kier alpha value is -1.87. The summed E-state index contributed by atoms with van der Waals surface area (Å²) >= 11 is 10.6. The van der Waals surface area contributed by atoms with E-state index in [0.717, 1.165) is 4.47 Å². The zero-order chi connectivity index (χ0) is 20.1. The van der Waals surface area contributed by atoms with Crippen LogP contribution in [0.4, 0.5) is 5.69 Å². The Balaban J connectivity index is 1.85. The van der Waals surface area contributed by atoms with Crippen molar-refractivity contribution >= 4 is 61.8 Å². The van der Waals surface area contributed by atoms with Gasteiger partial charge in [0, 0.05) is 16.6 Å². The standard InChI is InChI=1S/C19H17BrClN3O3S/c1-27-9-8-24-18(26)13-7-6-12(21)10-16(13)23-19(24)28-11-17(25)22-15-5-3-2-4-14(15)20/h2-7,10H,8-9,11H2,1H3,(H,22,25). The molecule has 0 aliphatic carbocycles.